The number of anilines is 1. The lowest BCUT2D eigenvalue weighted by atomic mass is 10.1. The van der Waals surface area contributed by atoms with Gasteiger partial charge in [-0.2, -0.15) is 0 Å². The fourth-order valence-electron chi connectivity index (χ4n) is 4.62. The van der Waals surface area contributed by atoms with Crippen molar-refractivity contribution in [1.82, 2.24) is 19.9 Å². The van der Waals surface area contributed by atoms with Crippen molar-refractivity contribution >= 4 is 33.9 Å². The first-order valence-corrected chi connectivity index (χ1v) is 11.9. The minimum atomic E-state index is -0.235. The molecule has 0 saturated heterocycles. The number of nitrogen functional groups attached to an aromatic ring is 1. The first-order valence-electron chi connectivity index (χ1n) is 11.9. The monoisotopic (exact) mass is 463 g/mol. The van der Waals surface area contributed by atoms with E-state index >= 15 is 0 Å². The van der Waals surface area contributed by atoms with E-state index in [1.165, 1.54) is 5.56 Å². The fraction of sp³-hybridized carbons (Fsp3) is 0.207. The van der Waals surface area contributed by atoms with E-state index in [4.69, 9.17) is 15.7 Å². The standard InChI is InChI=1S/C29H29N5O/c1-18-15-19(2)17-22(16-18)34-27(30)25(26-28(34)33-24-12-8-7-11-23(24)32-26)29(35)31-20(3)13-14-21-9-5-4-6-10-21/h4-12,15-17,20H,13-14,30H2,1-3H3,(H,31,35)/t20-/m1/s1. The number of carbonyl (C=O) groups is 1. The maximum Gasteiger partial charge on any atom is 0.257 e. The summed E-state index contributed by atoms with van der Waals surface area (Å²) >= 11 is 0. The van der Waals surface area contributed by atoms with Gasteiger partial charge in [-0.1, -0.05) is 48.5 Å². The van der Waals surface area contributed by atoms with Crippen LogP contribution in [0.4, 0.5) is 5.82 Å². The lowest BCUT2D eigenvalue weighted by molar-refractivity contribution is 0.0941. The molecule has 2 aromatic heterocycles. The third-order valence-electron chi connectivity index (χ3n) is 6.28. The van der Waals surface area contributed by atoms with Crippen LogP contribution in [0.25, 0.3) is 27.9 Å². The average molecular weight is 464 g/mol. The Labute approximate surface area is 204 Å². The Hall–Kier alpha value is -4.19. The second kappa shape index (κ2) is 9.22. The third kappa shape index (κ3) is 4.47. The second-order valence-corrected chi connectivity index (χ2v) is 9.22. The van der Waals surface area contributed by atoms with Crippen LogP contribution >= 0.6 is 0 Å². The number of aromatic nitrogens is 3. The van der Waals surface area contributed by atoms with E-state index in [0.717, 1.165) is 40.7 Å². The van der Waals surface area contributed by atoms with Gasteiger partial charge in [-0.15, -0.1) is 0 Å². The Balaban J connectivity index is 1.57. The molecular weight excluding hydrogens is 434 g/mol. The van der Waals surface area contributed by atoms with Gasteiger partial charge >= 0.3 is 0 Å². The number of carbonyl (C=O) groups excluding carboxylic acids is 1. The van der Waals surface area contributed by atoms with E-state index in [1.54, 1.807) is 0 Å². The minimum Gasteiger partial charge on any atom is -0.384 e. The maximum absolute atomic E-state index is 13.5. The van der Waals surface area contributed by atoms with Crippen molar-refractivity contribution in [3.8, 4) is 5.69 Å². The van der Waals surface area contributed by atoms with Gasteiger partial charge in [-0.05, 0) is 74.6 Å². The second-order valence-electron chi connectivity index (χ2n) is 9.22. The molecule has 0 spiro atoms. The van der Waals surface area contributed by atoms with Gasteiger partial charge in [0.15, 0.2) is 5.65 Å². The van der Waals surface area contributed by atoms with E-state index in [1.807, 2.05) is 79.9 Å². The summed E-state index contributed by atoms with van der Waals surface area (Å²) < 4.78 is 1.85. The van der Waals surface area contributed by atoms with Crippen molar-refractivity contribution in [3.05, 3.63) is 95.1 Å². The SMILES string of the molecule is Cc1cc(C)cc(-n2c(N)c(C(=O)N[C@H](C)CCc3ccccc3)c3nc4ccccc4nc32)c1. The Morgan fingerprint density at radius 2 is 1.57 bits per heavy atom. The van der Waals surface area contributed by atoms with E-state index in [9.17, 15) is 4.79 Å². The number of nitrogens with zero attached hydrogens (tertiary/aromatic N) is 3. The molecule has 0 fully saturated rings. The first-order chi connectivity index (χ1) is 16.9. The van der Waals surface area contributed by atoms with E-state index in [-0.39, 0.29) is 11.9 Å². The van der Waals surface area contributed by atoms with Crippen molar-refractivity contribution in [2.75, 3.05) is 5.73 Å². The Morgan fingerprint density at radius 1 is 0.943 bits per heavy atom. The van der Waals surface area contributed by atoms with Crippen LogP contribution in [-0.4, -0.2) is 26.5 Å². The molecule has 6 heteroatoms. The number of benzene rings is 3. The summed E-state index contributed by atoms with van der Waals surface area (Å²) in [6.45, 7) is 6.10. The summed E-state index contributed by atoms with van der Waals surface area (Å²) in [5, 5.41) is 3.13. The molecule has 35 heavy (non-hydrogen) atoms. The van der Waals surface area contributed by atoms with E-state index < -0.39 is 0 Å². The molecule has 0 aliphatic rings. The summed E-state index contributed by atoms with van der Waals surface area (Å²) in [5.41, 5.74) is 13.9. The number of aryl methyl sites for hydroxylation is 3. The molecule has 3 N–H and O–H groups in total. The molecule has 6 nitrogen and oxygen atoms in total. The molecule has 0 bridgehead atoms. The van der Waals surface area contributed by atoms with Crippen molar-refractivity contribution in [3.63, 3.8) is 0 Å². The highest BCUT2D eigenvalue weighted by atomic mass is 16.1. The Bertz CT molecular complexity index is 1520. The highest BCUT2D eigenvalue weighted by Gasteiger charge is 2.25. The molecule has 0 saturated carbocycles. The zero-order valence-corrected chi connectivity index (χ0v) is 20.2. The van der Waals surface area contributed by atoms with Crippen LogP contribution in [-0.2, 0) is 6.42 Å². The zero-order chi connectivity index (χ0) is 24.5. The molecule has 5 rings (SSSR count). The van der Waals surface area contributed by atoms with Gasteiger partial charge in [-0.25, -0.2) is 9.97 Å². The van der Waals surface area contributed by atoms with Crippen LogP contribution in [0.1, 0.15) is 40.4 Å². The third-order valence-corrected chi connectivity index (χ3v) is 6.28. The summed E-state index contributed by atoms with van der Waals surface area (Å²) in [5.74, 6) is 0.105. The number of nitrogens with one attached hydrogen (secondary N) is 1. The number of para-hydroxylation sites is 2. The topological polar surface area (TPSA) is 85.8 Å². The molecule has 176 valence electrons. The van der Waals surface area contributed by atoms with Crippen molar-refractivity contribution < 1.29 is 4.79 Å². The summed E-state index contributed by atoms with van der Waals surface area (Å²) in [7, 11) is 0. The highest BCUT2D eigenvalue weighted by Crippen LogP contribution is 2.31. The fourth-order valence-corrected chi connectivity index (χ4v) is 4.62. The number of amides is 1. The molecule has 5 aromatic rings. The van der Waals surface area contributed by atoms with Gasteiger partial charge in [-0.3, -0.25) is 9.36 Å². The maximum atomic E-state index is 13.5. The van der Waals surface area contributed by atoms with Crippen LogP contribution in [0.15, 0.2) is 72.8 Å². The van der Waals surface area contributed by atoms with E-state index in [2.05, 4.69) is 23.5 Å². The molecule has 0 aliphatic heterocycles. The number of hydrogen-bond acceptors (Lipinski definition) is 4. The molecular formula is C29H29N5O. The molecule has 3 aromatic carbocycles. The lowest BCUT2D eigenvalue weighted by Crippen LogP contribution is -2.33. The van der Waals surface area contributed by atoms with Gasteiger partial charge < -0.3 is 11.1 Å². The largest absolute Gasteiger partial charge is 0.384 e. The van der Waals surface area contributed by atoms with Gasteiger partial charge in [0.1, 0.15) is 16.9 Å². The highest BCUT2D eigenvalue weighted by molar-refractivity contribution is 6.11. The predicted molar refractivity (Wildman–Crippen MR) is 142 cm³/mol. The van der Waals surface area contributed by atoms with Crippen LogP contribution in [0.5, 0.6) is 0 Å². The Kier molecular flexibility index (Phi) is 5.95. The van der Waals surface area contributed by atoms with Crippen molar-refractivity contribution in [1.29, 1.82) is 0 Å². The lowest BCUT2D eigenvalue weighted by Gasteiger charge is -2.14. The zero-order valence-electron chi connectivity index (χ0n) is 20.2. The van der Waals surface area contributed by atoms with Gasteiger partial charge in [0.05, 0.1) is 11.0 Å². The van der Waals surface area contributed by atoms with Crippen molar-refractivity contribution in [2.24, 2.45) is 0 Å². The average Bonchev–Trinajstić information content (AvgIpc) is 3.12. The molecule has 1 atom stereocenters. The molecule has 0 unspecified atom stereocenters. The molecule has 2 heterocycles. The number of nitrogens with two attached hydrogens (primary N) is 1. The molecule has 1 amide bonds. The summed E-state index contributed by atoms with van der Waals surface area (Å²) in [6.07, 6.45) is 1.70. The van der Waals surface area contributed by atoms with Gasteiger partial charge in [0.25, 0.3) is 5.91 Å². The Morgan fingerprint density at radius 3 is 2.26 bits per heavy atom. The van der Waals surface area contributed by atoms with Crippen LogP contribution in [0.2, 0.25) is 0 Å². The van der Waals surface area contributed by atoms with Gasteiger partial charge in [0, 0.05) is 11.7 Å². The van der Waals surface area contributed by atoms with Crippen molar-refractivity contribution in [2.45, 2.75) is 39.7 Å². The van der Waals surface area contributed by atoms with Gasteiger partial charge in [0.2, 0.25) is 0 Å². The smallest absolute Gasteiger partial charge is 0.257 e. The number of hydrogen-bond donors (Lipinski definition) is 2. The number of rotatable bonds is 6. The summed E-state index contributed by atoms with van der Waals surface area (Å²) in [4.78, 5) is 23.2. The molecule has 0 radical (unpaired) electrons. The minimum absolute atomic E-state index is 0.0323. The van der Waals surface area contributed by atoms with Crippen LogP contribution in [0.3, 0.4) is 0 Å². The predicted octanol–water partition coefficient (Wildman–Crippen LogP) is 5.52. The normalized spacial score (nSPS) is 12.2. The number of fused-ring (bicyclic) bond motifs is 2. The quantitative estimate of drug-likeness (QED) is 0.347. The molecule has 0 aliphatic carbocycles. The van der Waals surface area contributed by atoms with Crippen LogP contribution in [0, 0.1) is 13.8 Å². The van der Waals surface area contributed by atoms with Crippen LogP contribution < -0.4 is 11.1 Å². The first kappa shape index (κ1) is 22.6. The summed E-state index contributed by atoms with van der Waals surface area (Å²) in [6, 6.07) is 24.1. The van der Waals surface area contributed by atoms with E-state index in [0.29, 0.717) is 22.5 Å².